The quantitative estimate of drug-likeness (QED) is 0.750. The molecule has 4 aliphatic rings. The smallest absolute Gasteiger partial charge is 0.407 e. The number of rotatable bonds is 3. The van der Waals surface area contributed by atoms with Crippen molar-refractivity contribution in [3.8, 4) is 0 Å². The SMILES string of the molecule is CNC(=O)[C@@H]1CC(F)(F)CN1C1CCN(C2CC3(CCN(C(=O)O)C3)C2)CC1. The number of carboxylic acid groups (broad SMARTS) is 1. The number of likely N-dealkylation sites (N-methyl/N-ethyl adjacent to an activating group) is 1. The van der Waals surface area contributed by atoms with Crippen LogP contribution >= 0.6 is 0 Å². The van der Waals surface area contributed by atoms with Crippen molar-refractivity contribution in [1.29, 1.82) is 0 Å². The minimum Gasteiger partial charge on any atom is -0.465 e. The summed E-state index contributed by atoms with van der Waals surface area (Å²) in [4.78, 5) is 28.9. The molecular weight excluding hydrogens is 370 g/mol. The van der Waals surface area contributed by atoms with E-state index in [0.717, 1.165) is 45.2 Å². The third kappa shape index (κ3) is 3.58. The van der Waals surface area contributed by atoms with E-state index < -0.39 is 24.5 Å². The third-order valence-electron chi connectivity index (χ3n) is 7.39. The van der Waals surface area contributed by atoms with E-state index in [1.165, 1.54) is 11.9 Å². The van der Waals surface area contributed by atoms with Crippen LogP contribution in [-0.4, -0.2) is 95.6 Å². The number of likely N-dealkylation sites (tertiary alicyclic amines) is 3. The van der Waals surface area contributed by atoms with Gasteiger partial charge in [-0.25, -0.2) is 13.6 Å². The van der Waals surface area contributed by atoms with Crippen LogP contribution in [0.3, 0.4) is 0 Å². The maximum atomic E-state index is 13.9. The topological polar surface area (TPSA) is 76.1 Å². The first kappa shape index (κ1) is 19.8. The highest BCUT2D eigenvalue weighted by molar-refractivity contribution is 5.82. The molecule has 3 heterocycles. The number of nitrogens with zero attached hydrogens (tertiary/aromatic N) is 3. The normalized spacial score (nSPS) is 36.6. The van der Waals surface area contributed by atoms with Crippen molar-refractivity contribution in [2.24, 2.45) is 5.41 Å². The number of piperidine rings is 1. The monoisotopic (exact) mass is 400 g/mol. The molecule has 0 unspecified atom stereocenters. The number of carbonyl (C=O) groups excluding carboxylic acids is 1. The fourth-order valence-corrected chi connectivity index (χ4v) is 5.85. The third-order valence-corrected chi connectivity index (χ3v) is 7.39. The molecule has 1 atom stereocenters. The highest BCUT2D eigenvalue weighted by Gasteiger charge is 2.53. The molecule has 0 radical (unpaired) electrons. The van der Waals surface area contributed by atoms with Crippen LogP contribution in [0.5, 0.6) is 0 Å². The van der Waals surface area contributed by atoms with Crippen LogP contribution in [0.4, 0.5) is 13.6 Å². The second kappa shape index (κ2) is 7.09. The van der Waals surface area contributed by atoms with Crippen molar-refractivity contribution in [2.45, 2.75) is 62.6 Å². The van der Waals surface area contributed by atoms with Crippen LogP contribution in [0.1, 0.15) is 38.5 Å². The average Bonchev–Trinajstić information content (AvgIpc) is 3.21. The first-order valence-electron chi connectivity index (χ1n) is 10.3. The van der Waals surface area contributed by atoms with Crippen LogP contribution in [0.2, 0.25) is 0 Å². The van der Waals surface area contributed by atoms with Gasteiger partial charge in [-0.2, -0.15) is 0 Å². The van der Waals surface area contributed by atoms with Gasteiger partial charge in [0.25, 0.3) is 5.92 Å². The number of alkyl halides is 2. The Morgan fingerprint density at radius 2 is 1.71 bits per heavy atom. The van der Waals surface area contributed by atoms with Gasteiger partial charge in [0.2, 0.25) is 5.91 Å². The lowest BCUT2D eigenvalue weighted by Gasteiger charge is -2.52. The molecule has 1 aliphatic carbocycles. The zero-order valence-electron chi connectivity index (χ0n) is 16.4. The van der Waals surface area contributed by atoms with Crippen LogP contribution < -0.4 is 5.32 Å². The van der Waals surface area contributed by atoms with Crippen LogP contribution in [-0.2, 0) is 4.79 Å². The van der Waals surface area contributed by atoms with Gasteiger partial charge in [-0.1, -0.05) is 0 Å². The van der Waals surface area contributed by atoms with Gasteiger partial charge < -0.3 is 20.2 Å². The van der Waals surface area contributed by atoms with Crippen molar-refractivity contribution in [1.82, 2.24) is 20.0 Å². The van der Waals surface area contributed by atoms with Crippen LogP contribution in [0, 0.1) is 5.41 Å². The molecule has 0 bridgehead atoms. The molecule has 0 aromatic carbocycles. The molecule has 4 rings (SSSR count). The van der Waals surface area contributed by atoms with Gasteiger partial charge in [0, 0.05) is 38.6 Å². The van der Waals surface area contributed by atoms with E-state index in [4.69, 9.17) is 5.11 Å². The van der Waals surface area contributed by atoms with Crippen molar-refractivity contribution in [2.75, 3.05) is 39.8 Å². The predicted octanol–water partition coefficient (Wildman–Crippen LogP) is 1.44. The molecule has 7 nitrogen and oxygen atoms in total. The van der Waals surface area contributed by atoms with Gasteiger partial charge in [-0.3, -0.25) is 9.69 Å². The second-order valence-corrected chi connectivity index (χ2v) is 9.15. The van der Waals surface area contributed by atoms with Crippen molar-refractivity contribution < 1.29 is 23.5 Å². The molecule has 1 saturated carbocycles. The van der Waals surface area contributed by atoms with Crippen molar-refractivity contribution >= 4 is 12.0 Å². The van der Waals surface area contributed by atoms with E-state index in [1.54, 1.807) is 4.90 Å². The van der Waals surface area contributed by atoms with E-state index in [9.17, 15) is 18.4 Å². The van der Waals surface area contributed by atoms with E-state index in [1.807, 2.05) is 0 Å². The van der Waals surface area contributed by atoms with E-state index >= 15 is 0 Å². The summed E-state index contributed by atoms with van der Waals surface area (Å²) in [5, 5.41) is 11.7. The lowest BCUT2D eigenvalue weighted by molar-refractivity contribution is -0.126. The van der Waals surface area contributed by atoms with Gasteiger partial charge in [0.1, 0.15) is 0 Å². The Morgan fingerprint density at radius 1 is 1.04 bits per heavy atom. The number of carbonyl (C=O) groups is 2. The molecule has 28 heavy (non-hydrogen) atoms. The van der Waals surface area contributed by atoms with Crippen LogP contribution in [0.25, 0.3) is 0 Å². The maximum absolute atomic E-state index is 13.9. The fourth-order valence-electron chi connectivity index (χ4n) is 5.85. The number of halogens is 2. The molecule has 4 fully saturated rings. The van der Waals surface area contributed by atoms with Gasteiger partial charge in [0.05, 0.1) is 12.6 Å². The first-order chi connectivity index (χ1) is 13.2. The first-order valence-corrected chi connectivity index (χ1v) is 10.3. The van der Waals surface area contributed by atoms with E-state index in [0.29, 0.717) is 19.1 Å². The summed E-state index contributed by atoms with van der Waals surface area (Å²) in [5.74, 6) is -3.11. The zero-order chi connectivity index (χ0) is 20.1. The van der Waals surface area contributed by atoms with Gasteiger partial charge in [-0.15, -0.1) is 0 Å². The standard InChI is InChI=1S/C19H30F2N4O3/c1-22-16(26)15-10-19(20,21)12-25(15)13-2-5-23(6-3-13)14-8-18(9-14)4-7-24(11-18)17(27)28/h13-15H,2-12H2,1H3,(H,22,26)(H,27,28)/t14?,15-,18?/m0/s1. The molecule has 1 spiro atoms. The summed E-state index contributed by atoms with van der Waals surface area (Å²) in [6.07, 6.45) is 3.40. The van der Waals surface area contributed by atoms with E-state index in [2.05, 4.69) is 10.2 Å². The molecule has 0 aromatic heterocycles. The molecule has 2 amide bonds. The summed E-state index contributed by atoms with van der Waals surface area (Å²) < 4.78 is 27.9. The van der Waals surface area contributed by atoms with Gasteiger partial charge >= 0.3 is 6.09 Å². The largest absolute Gasteiger partial charge is 0.465 e. The lowest BCUT2D eigenvalue weighted by Crippen LogP contribution is -2.57. The Bertz CT molecular complexity index is 633. The molecule has 3 aliphatic heterocycles. The fraction of sp³-hybridized carbons (Fsp3) is 0.895. The van der Waals surface area contributed by atoms with E-state index in [-0.39, 0.29) is 23.9 Å². The summed E-state index contributed by atoms with van der Waals surface area (Å²) >= 11 is 0. The molecule has 0 aromatic rings. The summed E-state index contributed by atoms with van der Waals surface area (Å²) in [6, 6.07) is -0.233. The highest BCUT2D eigenvalue weighted by Crippen LogP contribution is 2.50. The molecule has 9 heteroatoms. The molecule has 158 valence electrons. The zero-order valence-corrected chi connectivity index (χ0v) is 16.4. The number of amides is 2. The molecule has 3 saturated heterocycles. The minimum atomic E-state index is -2.80. The molecule has 2 N–H and O–H groups in total. The number of hydrogen-bond acceptors (Lipinski definition) is 4. The summed E-state index contributed by atoms with van der Waals surface area (Å²) in [7, 11) is 1.50. The predicted molar refractivity (Wildman–Crippen MR) is 98.4 cm³/mol. The Kier molecular flexibility index (Phi) is 5.02. The summed E-state index contributed by atoms with van der Waals surface area (Å²) in [6.45, 7) is 2.67. The Labute approximate surface area is 164 Å². The Hall–Kier alpha value is -1.48. The Balaban J connectivity index is 1.29. The lowest BCUT2D eigenvalue weighted by atomic mass is 9.64. The van der Waals surface area contributed by atoms with Crippen LogP contribution in [0.15, 0.2) is 0 Å². The molecular formula is C19H30F2N4O3. The van der Waals surface area contributed by atoms with Crippen molar-refractivity contribution in [3.63, 3.8) is 0 Å². The highest BCUT2D eigenvalue weighted by atomic mass is 19.3. The maximum Gasteiger partial charge on any atom is 0.407 e. The van der Waals surface area contributed by atoms with Crippen molar-refractivity contribution in [3.05, 3.63) is 0 Å². The Morgan fingerprint density at radius 3 is 2.29 bits per heavy atom. The second-order valence-electron chi connectivity index (χ2n) is 9.15. The van der Waals surface area contributed by atoms with Gasteiger partial charge in [0.15, 0.2) is 0 Å². The summed E-state index contributed by atoms with van der Waals surface area (Å²) in [5.41, 5.74) is 0.154. The minimum absolute atomic E-state index is 0.0231. The van der Waals surface area contributed by atoms with Gasteiger partial charge in [-0.05, 0) is 50.6 Å². The number of nitrogens with one attached hydrogen (secondary N) is 1. The number of hydrogen-bond donors (Lipinski definition) is 2. The average molecular weight is 400 g/mol.